The number of nitrogens with zero attached hydrogens (tertiary/aromatic N) is 2. The highest BCUT2D eigenvalue weighted by atomic mass is 16.5. The van der Waals surface area contributed by atoms with Crippen molar-refractivity contribution in [3.63, 3.8) is 0 Å². The Hall–Kier alpha value is -2.18. The third-order valence-electron chi connectivity index (χ3n) is 4.29. The van der Waals surface area contributed by atoms with Crippen LogP contribution in [0.4, 0.5) is 0 Å². The summed E-state index contributed by atoms with van der Waals surface area (Å²) in [4.78, 5) is 22.2. The molecule has 126 valence electrons. The molecule has 1 aliphatic heterocycles. The highest BCUT2D eigenvalue weighted by Crippen LogP contribution is 2.25. The van der Waals surface area contributed by atoms with Crippen molar-refractivity contribution in [2.75, 3.05) is 13.1 Å². The number of fused-ring (bicyclic) bond motifs is 3. The van der Waals surface area contributed by atoms with E-state index >= 15 is 0 Å². The van der Waals surface area contributed by atoms with Crippen LogP contribution in [-0.2, 0) is 11.3 Å². The topological polar surface area (TPSA) is 71.4 Å². The first-order valence-corrected chi connectivity index (χ1v) is 8.22. The van der Waals surface area contributed by atoms with Gasteiger partial charge in [-0.25, -0.2) is 4.98 Å². The Morgan fingerprint density at radius 2 is 2.17 bits per heavy atom. The number of morpholine rings is 1. The summed E-state index contributed by atoms with van der Waals surface area (Å²) < 4.78 is 11.6. The van der Waals surface area contributed by atoms with Gasteiger partial charge in [-0.1, -0.05) is 12.1 Å². The average Bonchev–Trinajstić information content (AvgIpc) is 2.84. The lowest BCUT2D eigenvalue weighted by molar-refractivity contribution is -0.131. The fourth-order valence-electron chi connectivity index (χ4n) is 3.64. The largest absolute Gasteiger partial charge is 0.449 e. The number of para-hydroxylation sites is 1. The number of nitrogens with one attached hydrogen (secondary N) is 1. The molecule has 0 unspecified atom stereocenters. The fraction of sp³-hybridized carbons (Fsp3) is 0.444. The molecule has 1 aliphatic rings. The van der Waals surface area contributed by atoms with E-state index in [4.69, 9.17) is 9.15 Å². The number of rotatable bonds is 2. The lowest BCUT2D eigenvalue weighted by Crippen LogP contribution is -2.51. The van der Waals surface area contributed by atoms with Gasteiger partial charge in [0, 0.05) is 18.5 Å². The van der Waals surface area contributed by atoms with Crippen LogP contribution in [0.15, 0.2) is 33.5 Å². The van der Waals surface area contributed by atoms with E-state index in [0.29, 0.717) is 23.5 Å². The molecule has 6 heteroatoms. The van der Waals surface area contributed by atoms with Gasteiger partial charge in [-0.15, -0.1) is 0 Å². The summed E-state index contributed by atoms with van der Waals surface area (Å²) in [6.45, 7) is 8.43. The maximum Gasteiger partial charge on any atom is 0.294 e. The van der Waals surface area contributed by atoms with Crippen LogP contribution < -0.4 is 5.56 Å². The molecule has 1 saturated heterocycles. The van der Waals surface area contributed by atoms with Crippen LogP contribution in [0.3, 0.4) is 0 Å². The third-order valence-corrected chi connectivity index (χ3v) is 4.29. The van der Waals surface area contributed by atoms with Gasteiger partial charge in [-0.3, -0.25) is 9.69 Å². The van der Waals surface area contributed by atoms with Crippen molar-refractivity contribution in [1.82, 2.24) is 14.9 Å². The van der Waals surface area contributed by atoms with Gasteiger partial charge in [0.05, 0.1) is 18.2 Å². The molecule has 1 fully saturated rings. The highest BCUT2D eigenvalue weighted by Gasteiger charge is 2.31. The van der Waals surface area contributed by atoms with Crippen LogP contribution in [0, 0.1) is 0 Å². The van der Waals surface area contributed by atoms with Gasteiger partial charge >= 0.3 is 0 Å². The molecule has 0 aliphatic carbocycles. The van der Waals surface area contributed by atoms with Gasteiger partial charge in [-0.2, -0.15) is 0 Å². The molecule has 1 aromatic carbocycles. The van der Waals surface area contributed by atoms with Gasteiger partial charge in [0.1, 0.15) is 16.9 Å². The minimum atomic E-state index is -0.230. The Bertz CT molecular complexity index is 957. The summed E-state index contributed by atoms with van der Waals surface area (Å²) in [5.41, 5.74) is 1.17. The maximum atomic E-state index is 12.4. The van der Waals surface area contributed by atoms with Crippen LogP contribution in [0.1, 0.15) is 26.6 Å². The van der Waals surface area contributed by atoms with E-state index in [1.165, 1.54) is 0 Å². The molecular formula is C18H21N3O3. The molecule has 1 atom stereocenters. The van der Waals surface area contributed by atoms with Crippen LogP contribution in [0.2, 0.25) is 0 Å². The van der Waals surface area contributed by atoms with Crippen molar-refractivity contribution in [1.29, 1.82) is 0 Å². The van der Waals surface area contributed by atoms with E-state index in [1.54, 1.807) is 0 Å². The molecule has 4 rings (SSSR count). The first-order chi connectivity index (χ1) is 11.4. The molecule has 3 aromatic rings. The smallest absolute Gasteiger partial charge is 0.294 e. The van der Waals surface area contributed by atoms with Gasteiger partial charge in [0.25, 0.3) is 5.56 Å². The Kier molecular flexibility index (Phi) is 3.47. The highest BCUT2D eigenvalue weighted by molar-refractivity contribution is 6.01. The van der Waals surface area contributed by atoms with Gasteiger partial charge in [0.15, 0.2) is 0 Å². The number of ether oxygens (including phenoxy) is 1. The molecular weight excluding hydrogens is 306 g/mol. The summed E-state index contributed by atoms with van der Waals surface area (Å²) in [5, 5.41) is 0.871. The van der Waals surface area contributed by atoms with Gasteiger partial charge < -0.3 is 14.1 Å². The Morgan fingerprint density at radius 1 is 1.38 bits per heavy atom. The number of H-pyrrole nitrogens is 1. The Labute approximate surface area is 139 Å². The first-order valence-electron chi connectivity index (χ1n) is 8.22. The first kappa shape index (κ1) is 15.4. The predicted octanol–water partition coefficient (Wildman–Crippen LogP) is 2.67. The standard InChI is InChI=1S/C18H21N3O3/c1-11-8-21(10-18(2,3)24-11)9-14-19-15-12-6-4-5-7-13(12)23-16(15)17(22)20-14/h4-7,11H,8-10H2,1-3H3,(H,19,20,22)/t11-/m1/s1. The molecule has 2 aromatic heterocycles. The van der Waals surface area contributed by atoms with E-state index < -0.39 is 0 Å². The van der Waals surface area contributed by atoms with E-state index in [-0.39, 0.29) is 22.8 Å². The zero-order valence-corrected chi connectivity index (χ0v) is 14.1. The summed E-state index contributed by atoms with van der Waals surface area (Å²) in [5.74, 6) is 0.656. The minimum Gasteiger partial charge on any atom is -0.449 e. The number of hydrogen-bond acceptors (Lipinski definition) is 5. The van der Waals surface area contributed by atoms with Crippen LogP contribution in [0.5, 0.6) is 0 Å². The van der Waals surface area contributed by atoms with E-state index in [2.05, 4.69) is 35.6 Å². The second kappa shape index (κ2) is 5.43. The van der Waals surface area contributed by atoms with Crippen LogP contribution in [-0.4, -0.2) is 39.7 Å². The number of benzene rings is 1. The summed E-state index contributed by atoms with van der Waals surface area (Å²) >= 11 is 0. The summed E-state index contributed by atoms with van der Waals surface area (Å²) in [7, 11) is 0. The molecule has 0 amide bonds. The molecule has 6 nitrogen and oxygen atoms in total. The normalized spacial score (nSPS) is 21.5. The van der Waals surface area contributed by atoms with Crippen LogP contribution >= 0.6 is 0 Å². The lowest BCUT2D eigenvalue weighted by atomic mass is 10.1. The Balaban J connectivity index is 1.72. The molecule has 0 spiro atoms. The average molecular weight is 327 g/mol. The number of furan rings is 1. The van der Waals surface area contributed by atoms with Crippen molar-refractivity contribution in [3.05, 3.63) is 40.4 Å². The van der Waals surface area contributed by atoms with Gasteiger partial charge in [-0.05, 0) is 32.9 Å². The molecule has 0 bridgehead atoms. The molecule has 24 heavy (non-hydrogen) atoms. The predicted molar refractivity (Wildman–Crippen MR) is 92.0 cm³/mol. The zero-order chi connectivity index (χ0) is 16.9. The monoisotopic (exact) mass is 327 g/mol. The lowest BCUT2D eigenvalue weighted by Gasteiger charge is -2.41. The summed E-state index contributed by atoms with van der Waals surface area (Å²) in [6, 6.07) is 7.59. The van der Waals surface area contributed by atoms with Crippen molar-refractivity contribution in [3.8, 4) is 0 Å². The number of aromatic nitrogens is 2. The second-order valence-electron chi connectivity index (χ2n) is 7.15. The molecule has 0 saturated carbocycles. The van der Waals surface area contributed by atoms with E-state index in [9.17, 15) is 4.79 Å². The molecule has 1 N–H and O–H groups in total. The maximum absolute atomic E-state index is 12.4. The minimum absolute atomic E-state index is 0.152. The number of hydrogen-bond donors (Lipinski definition) is 1. The third kappa shape index (κ3) is 2.72. The van der Waals surface area contributed by atoms with Crippen molar-refractivity contribution >= 4 is 22.1 Å². The number of aromatic amines is 1. The van der Waals surface area contributed by atoms with Crippen molar-refractivity contribution < 1.29 is 9.15 Å². The van der Waals surface area contributed by atoms with E-state index in [1.807, 2.05) is 24.3 Å². The summed E-state index contributed by atoms with van der Waals surface area (Å²) in [6.07, 6.45) is 0.152. The SMILES string of the molecule is C[C@@H]1CN(Cc2nc3c(oc4ccccc43)c(=O)[nH]2)CC(C)(C)O1. The quantitative estimate of drug-likeness (QED) is 0.783. The zero-order valence-electron chi connectivity index (χ0n) is 14.1. The van der Waals surface area contributed by atoms with E-state index in [0.717, 1.165) is 18.5 Å². The second-order valence-corrected chi connectivity index (χ2v) is 7.15. The molecule has 0 radical (unpaired) electrons. The Morgan fingerprint density at radius 3 is 2.96 bits per heavy atom. The molecule has 3 heterocycles. The van der Waals surface area contributed by atoms with Crippen molar-refractivity contribution in [2.45, 2.75) is 39.0 Å². The van der Waals surface area contributed by atoms with Gasteiger partial charge in [0.2, 0.25) is 5.58 Å². The van der Waals surface area contributed by atoms with Crippen molar-refractivity contribution in [2.24, 2.45) is 0 Å². The fourth-order valence-corrected chi connectivity index (χ4v) is 3.64. The van der Waals surface area contributed by atoms with Crippen LogP contribution in [0.25, 0.3) is 22.1 Å².